The van der Waals surface area contributed by atoms with Gasteiger partial charge in [-0.05, 0) is 42.0 Å². The van der Waals surface area contributed by atoms with E-state index < -0.39 is 7.82 Å². The van der Waals surface area contributed by atoms with E-state index in [0.29, 0.717) is 11.5 Å². The van der Waals surface area contributed by atoms with Gasteiger partial charge in [0, 0.05) is 4.47 Å². The van der Waals surface area contributed by atoms with Crippen LogP contribution in [0.2, 0.25) is 0 Å². The number of hydrogen-bond acceptors (Lipinski definition) is 4. The van der Waals surface area contributed by atoms with Gasteiger partial charge in [0.2, 0.25) is 0 Å². The summed E-state index contributed by atoms with van der Waals surface area (Å²) in [6.45, 7) is 0.101. The molecule has 0 bridgehead atoms. The summed E-state index contributed by atoms with van der Waals surface area (Å²) in [6.07, 6.45) is 0. The maximum atomic E-state index is 13.1. The first-order chi connectivity index (χ1) is 12.1. The zero-order chi connectivity index (χ0) is 17.5. The molecular formula is C19H16BrO4P. The van der Waals surface area contributed by atoms with Gasteiger partial charge in [0.1, 0.15) is 11.5 Å². The van der Waals surface area contributed by atoms with E-state index in [1.54, 1.807) is 48.5 Å². The molecule has 0 heterocycles. The molecule has 3 rings (SSSR count). The third-order valence-corrected chi connectivity index (χ3v) is 5.07. The SMILES string of the molecule is O=P(OCc1ccc(Br)cc1)(Oc1ccccc1)Oc1ccccc1. The van der Waals surface area contributed by atoms with Crippen LogP contribution in [0.3, 0.4) is 0 Å². The molecule has 0 N–H and O–H groups in total. The summed E-state index contributed by atoms with van der Waals surface area (Å²) in [5.74, 6) is 0.829. The quantitative estimate of drug-likeness (QED) is 0.426. The van der Waals surface area contributed by atoms with Crippen LogP contribution in [0.25, 0.3) is 0 Å². The average molecular weight is 419 g/mol. The largest absolute Gasteiger partial charge is 0.587 e. The first-order valence-electron chi connectivity index (χ1n) is 7.61. The van der Waals surface area contributed by atoms with Crippen molar-refractivity contribution >= 4 is 23.8 Å². The van der Waals surface area contributed by atoms with Crippen LogP contribution in [0.4, 0.5) is 0 Å². The molecule has 3 aromatic carbocycles. The lowest BCUT2D eigenvalue weighted by molar-refractivity contribution is 0.201. The normalized spacial score (nSPS) is 11.1. The van der Waals surface area contributed by atoms with Gasteiger partial charge in [0.25, 0.3) is 0 Å². The Kier molecular flexibility index (Phi) is 5.92. The summed E-state index contributed by atoms with van der Waals surface area (Å²) in [5.41, 5.74) is 0.858. The van der Waals surface area contributed by atoms with Crippen LogP contribution >= 0.6 is 23.8 Å². The predicted molar refractivity (Wildman–Crippen MR) is 101 cm³/mol. The Hall–Kier alpha value is -2.07. The third-order valence-electron chi connectivity index (χ3n) is 3.22. The average Bonchev–Trinajstić information content (AvgIpc) is 2.63. The minimum Gasteiger partial charge on any atom is -0.395 e. The maximum Gasteiger partial charge on any atom is 0.587 e. The lowest BCUT2D eigenvalue weighted by Crippen LogP contribution is -2.05. The molecule has 0 spiro atoms. The third kappa shape index (κ3) is 5.46. The van der Waals surface area contributed by atoms with Gasteiger partial charge in [0.05, 0.1) is 6.61 Å². The van der Waals surface area contributed by atoms with Crippen molar-refractivity contribution in [1.29, 1.82) is 0 Å². The van der Waals surface area contributed by atoms with Gasteiger partial charge in [0.15, 0.2) is 0 Å². The number of para-hydroxylation sites is 2. The molecule has 128 valence electrons. The molecule has 0 amide bonds. The number of rotatable bonds is 7. The standard InChI is InChI=1S/C19H16BrO4P/c20-17-13-11-16(12-14-17)15-22-25(21,23-18-7-3-1-4-8-18)24-19-9-5-2-6-10-19/h1-14H,15H2. The van der Waals surface area contributed by atoms with Crippen LogP contribution in [-0.2, 0) is 15.7 Å². The Labute approximate surface area is 155 Å². The van der Waals surface area contributed by atoms with Gasteiger partial charge >= 0.3 is 7.82 Å². The lowest BCUT2D eigenvalue weighted by atomic mass is 10.2. The Morgan fingerprint density at radius 3 is 1.68 bits per heavy atom. The minimum absolute atomic E-state index is 0.101. The highest BCUT2D eigenvalue weighted by molar-refractivity contribution is 9.10. The van der Waals surface area contributed by atoms with Crippen molar-refractivity contribution in [1.82, 2.24) is 0 Å². The van der Waals surface area contributed by atoms with Crippen molar-refractivity contribution < 1.29 is 18.1 Å². The summed E-state index contributed by atoms with van der Waals surface area (Å²) < 4.78 is 30.7. The summed E-state index contributed by atoms with van der Waals surface area (Å²) in [7, 11) is -3.85. The molecule has 0 aromatic heterocycles. The molecule has 0 fully saturated rings. The van der Waals surface area contributed by atoms with Gasteiger partial charge < -0.3 is 9.05 Å². The maximum absolute atomic E-state index is 13.1. The number of benzene rings is 3. The number of phosphoric acid groups is 1. The zero-order valence-electron chi connectivity index (χ0n) is 13.2. The molecule has 6 heteroatoms. The van der Waals surface area contributed by atoms with Crippen molar-refractivity contribution in [3.05, 3.63) is 95.0 Å². The second-order valence-electron chi connectivity index (χ2n) is 5.16. The monoisotopic (exact) mass is 418 g/mol. The highest BCUT2D eigenvalue weighted by Gasteiger charge is 2.31. The molecule has 0 atom stereocenters. The summed E-state index contributed by atoms with van der Waals surface area (Å²) in [5, 5.41) is 0. The summed E-state index contributed by atoms with van der Waals surface area (Å²) in [6, 6.07) is 25.2. The number of phosphoric ester groups is 1. The van der Waals surface area contributed by atoms with Gasteiger partial charge in [-0.25, -0.2) is 4.57 Å². The van der Waals surface area contributed by atoms with E-state index in [-0.39, 0.29) is 6.61 Å². The molecule has 0 aliphatic heterocycles. The van der Waals surface area contributed by atoms with Crippen LogP contribution in [-0.4, -0.2) is 0 Å². The molecule has 0 unspecified atom stereocenters. The highest BCUT2D eigenvalue weighted by Crippen LogP contribution is 2.50. The second-order valence-corrected chi connectivity index (χ2v) is 7.59. The Morgan fingerprint density at radius 1 is 0.720 bits per heavy atom. The Morgan fingerprint density at radius 2 is 1.20 bits per heavy atom. The van der Waals surface area contributed by atoms with Crippen LogP contribution in [0, 0.1) is 0 Å². The fourth-order valence-corrected chi connectivity index (χ4v) is 3.50. The van der Waals surface area contributed by atoms with E-state index in [1.807, 2.05) is 36.4 Å². The molecule has 0 aliphatic carbocycles. The molecule has 0 radical (unpaired) electrons. The summed E-state index contributed by atoms with van der Waals surface area (Å²) in [4.78, 5) is 0. The van der Waals surface area contributed by atoms with E-state index in [1.165, 1.54) is 0 Å². The predicted octanol–water partition coefficient (Wildman–Crippen LogP) is 6.23. The highest BCUT2D eigenvalue weighted by atomic mass is 79.9. The van der Waals surface area contributed by atoms with Crippen molar-refractivity contribution in [2.75, 3.05) is 0 Å². The van der Waals surface area contributed by atoms with Gasteiger partial charge in [-0.2, -0.15) is 0 Å². The van der Waals surface area contributed by atoms with E-state index >= 15 is 0 Å². The number of halogens is 1. The van der Waals surface area contributed by atoms with E-state index in [2.05, 4.69) is 15.9 Å². The Balaban J connectivity index is 1.77. The lowest BCUT2D eigenvalue weighted by Gasteiger charge is -2.19. The Bertz CT molecular complexity index is 793. The first kappa shape index (κ1) is 17.7. The minimum atomic E-state index is -3.85. The molecule has 4 nitrogen and oxygen atoms in total. The van der Waals surface area contributed by atoms with Crippen molar-refractivity contribution in [2.45, 2.75) is 6.61 Å². The zero-order valence-corrected chi connectivity index (χ0v) is 15.7. The number of hydrogen-bond donors (Lipinski definition) is 0. The molecule has 0 saturated carbocycles. The van der Waals surface area contributed by atoms with Crippen molar-refractivity contribution in [2.24, 2.45) is 0 Å². The van der Waals surface area contributed by atoms with E-state index in [0.717, 1.165) is 10.0 Å². The first-order valence-corrected chi connectivity index (χ1v) is 9.87. The van der Waals surface area contributed by atoms with Gasteiger partial charge in [-0.1, -0.05) is 64.5 Å². The fourth-order valence-electron chi connectivity index (χ4n) is 2.03. The molecule has 25 heavy (non-hydrogen) atoms. The van der Waals surface area contributed by atoms with Crippen LogP contribution in [0.5, 0.6) is 11.5 Å². The van der Waals surface area contributed by atoms with E-state index in [9.17, 15) is 4.57 Å². The van der Waals surface area contributed by atoms with Crippen molar-refractivity contribution in [3.8, 4) is 11.5 Å². The van der Waals surface area contributed by atoms with Crippen LogP contribution < -0.4 is 9.05 Å². The smallest absolute Gasteiger partial charge is 0.395 e. The van der Waals surface area contributed by atoms with Crippen LogP contribution in [0.15, 0.2) is 89.4 Å². The van der Waals surface area contributed by atoms with Gasteiger partial charge in [-0.3, -0.25) is 4.52 Å². The van der Waals surface area contributed by atoms with Crippen molar-refractivity contribution in [3.63, 3.8) is 0 Å². The molecule has 0 aliphatic rings. The van der Waals surface area contributed by atoms with Gasteiger partial charge in [-0.15, -0.1) is 0 Å². The fraction of sp³-hybridized carbons (Fsp3) is 0.0526. The van der Waals surface area contributed by atoms with Crippen LogP contribution in [0.1, 0.15) is 5.56 Å². The molecular weight excluding hydrogens is 403 g/mol. The second kappa shape index (κ2) is 8.34. The van der Waals surface area contributed by atoms with E-state index in [4.69, 9.17) is 13.6 Å². The molecule has 0 saturated heterocycles. The molecule has 3 aromatic rings. The topological polar surface area (TPSA) is 44.8 Å². The summed E-state index contributed by atoms with van der Waals surface area (Å²) >= 11 is 3.38.